The van der Waals surface area contributed by atoms with Crippen LogP contribution in [0.1, 0.15) is 0 Å². The molecule has 4 nitrogen and oxygen atoms in total. The Morgan fingerprint density at radius 2 is 2.12 bits per heavy atom. The summed E-state index contributed by atoms with van der Waals surface area (Å²) >= 11 is 0. The van der Waals surface area contributed by atoms with Gasteiger partial charge in [-0.2, -0.15) is 5.10 Å². The molecule has 16 heavy (non-hydrogen) atoms. The van der Waals surface area contributed by atoms with Gasteiger partial charge in [0.2, 0.25) is 0 Å². The van der Waals surface area contributed by atoms with E-state index in [1.807, 2.05) is 30.1 Å². The summed E-state index contributed by atoms with van der Waals surface area (Å²) in [5.41, 5.74) is 3.12. The number of nitrogens with zero attached hydrogens (tertiary/aromatic N) is 4. The molecule has 1 aromatic carbocycles. The largest absolute Gasteiger partial charge is 0.268 e. The van der Waals surface area contributed by atoms with Crippen LogP contribution in [0, 0.1) is 0 Å². The normalized spacial score (nSPS) is 10.8. The van der Waals surface area contributed by atoms with Crippen LogP contribution in [0.4, 0.5) is 0 Å². The molecule has 2 heterocycles. The molecule has 0 aliphatic carbocycles. The van der Waals surface area contributed by atoms with Crippen molar-refractivity contribution in [1.82, 2.24) is 19.7 Å². The molecule has 0 spiro atoms. The van der Waals surface area contributed by atoms with Crippen molar-refractivity contribution in [2.75, 3.05) is 0 Å². The molecule has 3 rings (SSSR count). The first kappa shape index (κ1) is 9.03. The Morgan fingerprint density at radius 1 is 1.19 bits per heavy atom. The average Bonchev–Trinajstić information content (AvgIpc) is 2.72. The van der Waals surface area contributed by atoms with Gasteiger partial charge in [-0.15, -0.1) is 0 Å². The predicted octanol–water partition coefficient (Wildman–Crippen LogP) is 2.03. The van der Waals surface area contributed by atoms with Crippen molar-refractivity contribution in [1.29, 1.82) is 0 Å². The van der Waals surface area contributed by atoms with Gasteiger partial charge < -0.3 is 0 Å². The van der Waals surface area contributed by atoms with E-state index in [2.05, 4.69) is 27.2 Å². The van der Waals surface area contributed by atoms with Gasteiger partial charge >= 0.3 is 0 Å². The lowest BCUT2D eigenvalue weighted by molar-refractivity contribution is 0.797. The quantitative estimate of drug-likeness (QED) is 0.617. The summed E-state index contributed by atoms with van der Waals surface area (Å²) in [4.78, 5) is 8.14. The van der Waals surface area contributed by atoms with Crippen LogP contribution >= 0.6 is 0 Å². The summed E-state index contributed by atoms with van der Waals surface area (Å²) in [5.74, 6) is 0. The van der Waals surface area contributed by atoms with Crippen molar-refractivity contribution in [2.24, 2.45) is 7.05 Å². The van der Waals surface area contributed by atoms with E-state index in [-0.39, 0.29) is 0 Å². The van der Waals surface area contributed by atoms with Crippen LogP contribution in [-0.4, -0.2) is 19.7 Å². The molecular formula is C12H10N4. The van der Waals surface area contributed by atoms with E-state index in [0.29, 0.717) is 0 Å². The van der Waals surface area contributed by atoms with Crippen LogP contribution in [0.2, 0.25) is 0 Å². The molecule has 0 bridgehead atoms. The lowest BCUT2D eigenvalue weighted by Gasteiger charge is -2.00. The zero-order valence-electron chi connectivity index (χ0n) is 8.83. The predicted molar refractivity (Wildman–Crippen MR) is 61.7 cm³/mol. The van der Waals surface area contributed by atoms with Crippen molar-refractivity contribution in [3.63, 3.8) is 0 Å². The first-order valence-corrected chi connectivity index (χ1v) is 5.03. The van der Waals surface area contributed by atoms with Crippen molar-refractivity contribution in [3.05, 3.63) is 43.0 Å². The van der Waals surface area contributed by atoms with Crippen molar-refractivity contribution in [3.8, 4) is 11.3 Å². The number of benzene rings is 1. The third-order valence-corrected chi connectivity index (χ3v) is 2.63. The summed E-state index contributed by atoms with van der Waals surface area (Å²) in [6.07, 6.45) is 5.16. The Balaban J connectivity index is 2.22. The monoisotopic (exact) mass is 210 g/mol. The van der Waals surface area contributed by atoms with Crippen LogP contribution in [-0.2, 0) is 7.05 Å². The molecule has 78 valence electrons. The van der Waals surface area contributed by atoms with Crippen molar-refractivity contribution in [2.45, 2.75) is 0 Å². The second-order valence-corrected chi connectivity index (χ2v) is 3.64. The van der Waals surface area contributed by atoms with Crippen LogP contribution < -0.4 is 0 Å². The number of fused-ring (bicyclic) bond motifs is 1. The summed E-state index contributed by atoms with van der Waals surface area (Å²) in [5, 5.41) is 5.35. The van der Waals surface area contributed by atoms with E-state index in [4.69, 9.17) is 0 Å². The van der Waals surface area contributed by atoms with E-state index < -0.39 is 0 Å². The minimum absolute atomic E-state index is 0.929. The fourth-order valence-corrected chi connectivity index (χ4v) is 1.76. The summed E-state index contributed by atoms with van der Waals surface area (Å²) in [7, 11) is 1.94. The molecular weight excluding hydrogens is 200 g/mol. The van der Waals surface area contributed by atoms with Crippen LogP contribution in [0.3, 0.4) is 0 Å². The fraction of sp³-hybridized carbons (Fsp3) is 0.0833. The highest BCUT2D eigenvalue weighted by molar-refractivity contribution is 5.83. The highest BCUT2D eigenvalue weighted by Crippen LogP contribution is 2.21. The smallest absolute Gasteiger partial charge is 0.116 e. The lowest BCUT2D eigenvalue weighted by Crippen LogP contribution is -1.89. The third-order valence-electron chi connectivity index (χ3n) is 2.63. The van der Waals surface area contributed by atoms with Gasteiger partial charge in [-0.25, -0.2) is 9.97 Å². The average molecular weight is 210 g/mol. The Hall–Kier alpha value is -2.23. The Morgan fingerprint density at radius 3 is 2.94 bits per heavy atom. The molecule has 2 aromatic heterocycles. The molecule has 0 amide bonds. The van der Waals surface area contributed by atoms with Gasteiger partial charge in [0.1, 0.15) is 6.33 Å². The SMILES string of the molecule is Cn1ncc2ccc(-c3ccncn3)cc21. The first-order chi connectivity index (χ1) is 7.84. The third kappa shape index (κ3) is 1.35. The van der Waals surface area contributed by atoms with Crippen molar-refractivity contribution >= 4 is 10.9 Å². The molecule has 0 atom stereocenters. The molecule has 0 aliphatic heterocycles. The van der Waals surface area contributed by atoms with Gasteiger partial charge in [-0.1, -0.05) is 12.1 Å². The molecule has 0 unspecified atom stereocenters. The molecule has 0 aliphatic rings. The van der Waals surface area contributed by atoms with Gasteiger partial charge in [0.25, 0.3) is 0 Å². The van der Waals surface area contributed by atoms with Crippen LogP contribution in [0.25, 0.3) is 22.2 Å². The number of rotatable bonds is 1. The fourth-order valence-electron chi connectivity index (χ4n) is 1.76. The zero-order chi connectivity index (χ0) is 11.0. The Kier molecular flexibility index (Phi) is 1.93. The lowest BCUT2D eigenvalue weighted by atomic mass is 10.1. The molecule has 0 N–H and O–H groups in total. The summed E-state index contributed by atoms with van der Waals surface area (Å²) < 4.78 is 1.86. The number of hydrogen-bond donors (Lipinski definition) is 0. The Labute approximate surface area is 92.6 Å². The molecule has 0 radical (unpaired) electrons. The standard InChI is InChI=1S/C12H10N4/c1-16-12-6-9(2-3-10(12)7-15-16)11-4-5-13-8-14-11/h2-8H,1H3. The maximum Gasteiger partial charge on any atom is 0.116 e. The zero-order valence-corrected chi connectivity index (χ0v) is 8.83. The minimum Gasteiger partial charge on any atom is -0.268 e. The van der Waals surface area contributed by atoms with E-state index in [1.54, 1.807) is 12.5 Å². The van der Waals surface area contributed by atoms with Gasteiger partial charge in [-0.05, 0) is 12.1 Å². The minimum atomic E-state index is 0.929. The van der Waals surface area contributed by atoms with Crippen LogP contribution in [0.5, 0.6) is 0 Å². The first-order valence-electron chi connectivity index (χ1n) is 5.03. The summed E-state index contributed by atoms with van der Waals surface area (Å²) in [6, 6.07) is 8.09. The number of hydrogen-bond acceptors (Lipinski definition) is 3. The van der Waals surface area contributed by atoms with E-state index in [9.17, 15) is 0 Å². The van der Waals surface area contributed by atoms with Gasteiger partial charge in [0.05, 0.1) is 17.4 Å². The number of aromatic nitrogens is 4. The Bertz CT molecular complexity index is 628. The van der Waals surface area contributed by atoms with Gasteiger partial charge in [-0.3, -0.25) is 4.68 Å². The molecule has 0 saturated carbocycles. The van der Waals surface area contributed by atoms with Gasteiger partial charge in [0, 0.05) is 24.2 Å². The maximum absolute atomic E-state index is 4.23. The van der Waals surface area contributed by atoms with E-state index in [0.717, 1.165) is 22.2 Å². The van der Waals surface area contributed by atoms with E-state index >= 15 is 0 Å². The second kappa shape index (κ2) is 3.41. The highest BCUT2D eigenvalue weighted by Gasteiger charge is 2.03. The summed E-state index contributed by atoms with van der Waals surface area (Å²) in [6.45, 7) is 0. The van der Waals surface area contributed by atoms with Gasteiger partial charge in [0.15, 0.2) is 0 Å². The topological polar surface area (TPSA) is 43.6 Å². The van der Waals surface area contributed by atoms with Crippen molar-refractivity contribution < 1.29 is 0 Å². The second-order valence-electron chi connectivity index (χ2n) is 3.64. The van der Waals surface area contributed by atoms with E-state index in [1.165, 1.54) is 0 Å². The maximum atomic E-state index is 4.23. The molecule has 4 heteroatoms. The molecule has 0 fully saturated rings. The molecule has 3 aromatic rings. The highest BCUT2D eigenvalue weighted by atomic mass is 15.2. The molecule has 0 saturated heterocycles. The number of aryl methyl sites for hydroxylation is 1. The van der Waals surface area contributed by atoms with Crippen LogP contribution in [0.15, 0.2) is 43.0 Å².